The quantitative estimate of drug-likeness (QED) is 0.332. The molecule has 0 aliphatic heterocycles. The molecule has 1 N–H and O–H groups in total. The molecule has 0 atom stereocenters. The molecule has 4 aromatic rings. The van der Waals surface area contributed by atoms with Gasteiger partial charge in [0.15, 0.2) is 5.82 Å². The highest BCUT2D eigenvalue weighted by molar-refractivity contribution is 7.23. The van der Waals surface area contributed by atoms with E-state index in [0.717, 1.165) is 32.0 Å². The van der Waals surface area contributed by atoms with Crippen LogP contribution in [-0.2, 0) is 0 Å². The number of fused-ring (bicyclic) bond motifs is 1. The van der Waals surface area contributed by atoms with Gasteiger partial charge in [-0.25, -0.2) is 14.4 Å². The van der Waals surface area contributed by atoms with E-state index in [-0.39, 0.29) is 5.82 Å². The van der Waals surface area contributed by atoms with Crippen molar-refractivity contribution >= 4 is 33.6 Å². The first kappa shape index (κ1) is 19.0. The average Bonchev–Trinajstić information content (AvgIpc) is 3.07. The number of para-hydroxylation sites is 1. The van der Waals surface area contributed by atoms with Crippen molar-refractivity contribution in [2.24, 2.45) is 5.10 Å². The largest absolute Gasteiger partial charge is 0.493 e. The zero-order valence-electron chi connectivity index (χ0n) is 16.0. The van der Waals surface area contributed by atoms with Crippen LogP contribution in [-0.4, -0.2) is 22.8 Å². The second-order valence-corrected chi connectivity index (χ2v) is 7.30. The molecule has 0 fully saturated rings. The Morgan fingerprint density at radius 2 is 1.93 bits per heavy atom. The van der Waals surface area contributed by atoms with Gasteiger partial charge >= 0.3 is 0 Å². The van der Waals surface area contributed by atoms with Crippen LogP contribution in [0.2, 0.25) is 0 Å². The third-order valence-electron chi connectivity index (χ3n) is 4.41. The Hall–Kier alpha value is -3.32. The number of nitrogens with one attached hydrogen (secondary N) is 1. The van der Waals surface area contributed by atoms with E-state index in [1.165, 1.54) is 18.6 Å². The number of hydrogen-bond acceptors (Lipinski definition) is 6. The van der Waals surface area contributed by atoms with Crippen molar-refractivity contribution in [2.75, 3.05) is 12.0 Å². The summed E-state index contributed by atoms with van der Waals surface area (Å²) in [6.45, 7) is 4.60. The lowest BCUT2D eigenvalue weighted by Gasteiger charge is -2.09. The molecule has 0 unspecified atom stereocenters. The maximum atomic E-state index is 13.8. The molecular formula is C22H19FN4OS. The molecule has 4 rings (SSSR count). The third-order valence-corrected chi connectivity index (χ3v) is 5.74. The lowest BCUT2D eigenvalue weighted by atomic mass is 10.1. The Morgan fingerprint density at radius 1 is 1.14 bits per heavy atom. The van der Waals surface area contributed by atoms with Gasteiger partial charge in [0, 0.05) is 16.0 Å². The summed E-state index contributed by atoms with van der Waals surface area (Å²) in [6.07, 6.45) is 2.94. The predicted octanol–water partition coefficient (Wildman–Crippen LogP) is 5.65. The van der Waals surface area contributed by atoms with E-state index in [0.29, 0.717) is 18.0 Å². The summed E-state index contributed by atoms with van der Waals surface area (Å²) < 4.78 is 20.4. The summed E-state index contributed by atoms with van der Waals surface area (Å²) in [5.41, 5.74) is 6.26. The number of benzene rings is 2. The highest BCUT2D eigenvalue weighted by Crippen LogP contribution is 2.42. The van der Waals surface area contributed by atoms with Gasteiger partial charge in [-0.1, -0.05) is 30.3 Å². The number of halogens is 1. The van der Waals surface area contributed by atoms with Gasteiger partial charge in [0.05, 0.1) is 23.0 Å². The van der Waals surface area contributed by atoms with Gasteiger partial charge in [-0.3, -0.25) is 5.43 Å². The molecule has 29 heavy (non-hydrogen) atoms. The fourth-order valence-electron chi connectivity index (χ4n) is 3.04. The zero-order chi connectivity index (χ0) is 20.2. The molecule has 0 saturated carbocycles. The maximum absolute atomic E-state index is 13.8. The number of thiophene rings is 1. The van der Waals surface area contributed by atoms with Crippen LogP contribution >= 0.6 is 11.3 Å². The highest BCUT2D eigenvalue weighted by Gasteiger charge is 2.17. The van der Waals surface area contributed by atoms with Crippen LogP contribution in [0.15, 0.2) is 60.0 Å². The number of ether oxygens (including phenoxy) is 1. The smallest absolute Gasteiger partial charge is 0.167 e. The molecular weight excluding hydrogens is 387 g/mol. The predicted molar refractivity (Wildman–Crippen MR) is 116 cm³/mol. The van der Waals surface area contributed by atoms with Crippen molar-refractivity contribution in [3.05, 3.63) is 71.8 Å². The second-order valence-electron chi connectivity index (χ2n) is 6.28. The van der Waals surface area contributed by atoms with Crippen LogP contribution in [0.5, 0.6) is 5.75 Å². The molecule has 0 spiro atoms. The van der Waals surface area contributed by atoms with Gasteiger partial charge < -0.3 is 4.74 Å². The number of aromatic nitrogens is 2. The SMILES string of the molecule is CCOc1ccccc1-c1sc2c(NN=Cc3ccccc3F)ncnc2c1C. The first-order valence-corrected chi connectivity index (χ1v) is 10.0. The minimum Gasteiger partial charge on any atom is -0.493 e. The number of aryl methyl sites for hydroxylation is 1. The minimum atomic E-state index is -0.326. The van der Waals surface area contributed by atoms with Gasteiger partial charge in [0.25, 0.3) is 0 Å². The molecule has 0 aliphatic carbocycles. The molecule has 0 aliphatic rings. The molecule has 7 heteroatoms. The maximum Gasteiger partial charge on any atom is 0.167 e. The van der Waals surface area contributed by atoms with Crippen molar-refractivity contribution in [3.63, 3.8) is 0 Å². The normalized spacial score (nSPS) is 11.3. The summed E-state index contributed by atoms with van der Waals surface area (Å²) in [4.78, 5) is 9.84. The molecule has 2 heterocycles. The highest BCUT2D eigenvalue weighted by atomic mass is 32.1. The number of nitrogens with zero attached hydrogens (tertiary/aromatic N) is 3. The summed E-state index contributed by atoms with van der Waals surface area (Å²) in [5.74, 6) is 1.09. The molecule has 146 valence electrons. The Labute approximate surface area is 171 Å². The Kier molecular flexibility index (Phi) is 5.48. The third kappa shape index (κ3) is 3.82. The Balaban J connectivity index is 1.71. The summed E-state index contributed by atoms with van der Waals surface area (Å²) in [5, 5.41) is 4.16. The van der Waals surface area contributed by atoms with E-state index >= 15 is 0 Å². The van der Waals surface area contributed by atoms with Crippen LogP contribution in [0, 0.1) is 12.7 Å². The Bertz CT molecular complexity index is 1190. The van der Waals surface area contributed by atoms with Gasteiger partial charge in [-0.2, -0.15) is 5.10 Å². The van der Waals surface area contributed by atoms with Crippen LogP contribution < -0.4 is 10.2 Å². The van der Waals surface area contributed by atoms with Gasteiger partial charge in [0.2, 0.25) is 0 Å². The summed E-state index contributed by atoms with van der Waals surface area (Å²) >= 11 is 1.58. The van der Waals surface area contributed by atoms with Gasteiger partial charge in [-0.05, 0) is 37.6 Å². The van der Waals surface area contributed by atoms with E-state index in [1.54, 1.807) is 29.5 Å². The van der Waals surface area contributed by atoms with Crippen molar-refractivity contribution in [3.8, 4) is 16.2 Å². The molecule has 0 radical (unpaired) electrons. The van der Waals surface area contributed by atoms with Gasteiger partial charge in [0.1, 0.15) is 17.9 Å². The zero-order valence-corrected chi connectivity index (χ0v) is 16.8. The minimum absolute atomic E-state index is 0.326. The lowest BCUT2D eigenvalue weighted by molar-refractivity contribution is 0.341. The summed E-state index contributed by atoms with van der Waals surface area (Å²) in [6, 6.07) is 14.4. The van der Waals surface area contributed by atoms with E-state index in [2.05, 4.69) is 20.5 Å². The standard InChI is InChI=1S/C22H19FN4OS/c1-3-28-18-11-7-5-9-16(18)20-14(2)19-21(29-20)22(25-13-24-19)27-26-12-15-8-4-6-10-17(15)23/h4-13H,3H2,1-2H3,(H,24,25,27). The number of hydrogen-bond donors (Lipinski definition) is 1. The Morgan fingerprint density at radius 3 is 2.76 bits per heavy atom. The number of anilines is 1. The van der Waals surface area contributed by atoms with Gasteiger partial charge in [-0.15, -0.1) is 11.3 Å². The molecule has 2 aromatic carbocycles. The fourth-order valence-corrected chi connectivity index (χ4v) is 4.27. The van der Waals surface area contributed by atoms with Crippen molar-refractivity contribution in [1.82, 2.24) is 9.97 Å². The van der Waals surface area contributed by atoms with E-state index in [4.69, 9.17) is 4.74 Å². The molecule has 2 aromatic heterocycles. The number of hydrazone groups is 1. The van der Waals surface area contributed by atoms with E-state index in [1.807, 2.05) is 38.1 Å². The van der Waals surface area contributed by atoms with Crippen molar-refractivity contribution < 1.29 is 9.13 Å². The van der Waals surface area contributed by atoms with Crippen LogP contribution in [0.3, 0.4) is 0 Å². The molecule has 5 nitrogen and oxygen atoms in total. The van der Waals surface area contributed by atoms with Crippen LogP contribution in [0.1, 0.15) is 18.1 Å². The molecule has 0 bridgehead atoms. The van der Waals surface area contributed by atoms with Crippen LogP contribution in [0.4, 0.5) is 10.2 Å². The second kappa shape index (κ2) is 8.36. The van der Waals surface area contributed by atoms with Crippen molar-refractivity contribution in [2.45, 2.75) is 13.8 Å². The monoisotopic (exact) mass is 406 g/mol. The molecule has 0 saturated heterocycles. The van der Waals surface area contributed by atoms with E-state index < -0.39 is 0 Å². The average molecular weight is 406 g/mol. The first-order chi connectivity index (χ1) is 14.2. The molecule has 0 amide bonds. The fraction of sp³-hybridized carbons (Fsp3) is 0.136. The topological polar surface area (TPSA) is 59.4 Å². The van der Waals surface area contributed by atoms with Crippen molar-refractivity contribution in [1.29, 1.82) is 0 Å². The summed E-state index contributed by atoms with van der Waals surface area (Å²) in [7, 11) is 0. The lowest BCUT2D eigenvalue weighted by Crippen LogP contribution is -1.95. The van der Waals surface area contributed by atoms with Crippen LogP contribution in [0.25, 0.3) is 20.7 Å². The number of rotatable bonds is 6. The first-order valence-electron chi connectivity index (χ1n) is 9.19. The van der Waals surface area contributed by atoms with E-state index in [9.17, 15) is 4.39 Å².